The van der Waals surface area contributed by atoms with Crippen LogP contribution in [0.25, 0.3) is 22.0 Å². The summed E-state index contributed by atoms with van der Waals surface area (Å²) in [6.07, 6.45) is 12.1. The molecule has 3 amide bonds. The Morgan fingerprint density at radius 1 is 1.02 bits per heavy atom. The number of amides is 3. The lowest BCUT2D eigenvalue weighted by atomic mass is 9.97. The number of aryl methyl sites for hydroxylation is 3. The van der Waals surface area contributed by atoms with Gasteiger partial charge in [0.05, 0.1) is 5.52 Å². The van der Waals surface area contributed by atoms with Crippen molar-refractivity contribution in [3.05, 3.63) is 76.1 Å². The number of hydrogen-bond donors (Lipinski definition) is 2. The van der Waals surface area contributed by atoms with Crippen LogP contribution in [0.2, 0.25) is 0 Å². The Kier molecular flexibility index (Phi) is 9.10. The number of nitrogens with one attached hydrogen (secondary N) is 2. The third-order valence-electron chi connectivity index (χ3n) is 10.1. The lowest BCUT2D eigenvalue weighted by Gasteiger charge is -2.27. The fourth-order valence-electron chi connectivity index (χ4n) is 7.41. The number of halogens is 1. The Bertz CT molecular complexity index is 2060. The molecule has 0 spiro atoms. The Labute approximate surface area is 298 Å². The zero-order chi connectivity index (χ0) is 35.2. The molecule has 1 saturated heterocycles. The lowest BCUT2D eigenvalue weighted by Crippen LogP contribution is -2.47. The van der Waals surface area contributed by atoms with Crippen LogP contribution < -0.4 is 10.6 Å². The molecule has 1 aromatic carbocycles. The fourth-order valence-corrected chi connectivity index (χ4v) is 7.71. The molecular formula is C37H39BrN8O4. The van der Waals surface area contributed by atoms with Crippen LogP contribution in [0.15, 0.2) is 53.4 Å². The van der Waals surface area contributed by atoms with E-state index in [0.717, 1.165) is 40.6 Å². The summed E-state index contributed by atoms with van der Waals surface area (Å²) < 4.78 is 2.21. The number of Topliss-reactive ketones (excluding diaryl/α,β-unsaturated/α-hetero) is 1. The number of nitrogens with zero attached hydrogens (tertiary/aromatic N) is 6. The van der Waals surface area contributed by atoms with Crippen LogP contribution in [-0.2, 0) is 27.3 Å². The first-order chi connectivity index (χ1) is 24.0. The fraction of sp³-hybridized carbons (Fsp3) is 0.405. The van der Waals surface area contributed by atoms with Gasteiger partial charge in [-0.1, -0.05) is 18.2 Å². The van der Waals surface area contributed by atoms with Crippen molar-refractivity contribution in [1.29, 1.82) is 0 Å². The highest BCUT2D eigenvalue weighted by molar-refractivity contribution is 9.10. The van der Waals surface area contributed by atoms with Gasteiger partial charge in [0, 0.05) is 54.7 Å². The number of piperidine rings is 1. The predicted octanol–water partition coefficient (Wildman–Crippen LogP) is 5.26. The van der Waals surface area contributed by atoms with Gasteiger partial charge in [0.2, 0.25) is 17.7 Å². The molecule has 2 N–H and O–H groups in total. The Hall–Kier alpha value is -4.78. The number of ketones is 1. The summed E-state index contributed by atoms with van der Waals surface area (Å²) >= 11 is 3.38. The molecule has 0 radical (unpaired) electrons. The van der Waals surface area contributed by atoms with Crippen LogP contribution in [0, 0.1) is 19.3 Å². The lowest BCUT2D eigenvalue weighted by molar-refractivity contribution is -0.138. The van der Waals surface area contributed by atoms with Gasteiger partial charge in [0.25, 0.3) is 0 Å². The van der Waals surface area contributed by atoms with Crippen LogP contribution in [0.4, 0.5) is 5.82 Å². The molecule has 2 bridgehead atoms. The minimum absolute atomic E-state index is 0.0310. The van der Waals surface area contributed by atoms with E-state index in [9.17, 15) is 19.2 Å². The molecular weight excluding hydrogens is 700 g/mol. The molecule has 258 valence electrons. The molecule has 1 aliphatic carbocycles. The number of carbonyl (C=O) groups is 4. The second kappa shape index (κ2) is 13.5. The largest absolute Gasteiger partial charge is 0.355 e. The molecule has 12 nitrogen and oxygen atoms in total. The molecule has 3 atom stereocenters. The maximum absolute atomic E-state index is 14.5. The summed E-state index contributed by atoms with van der Waals surface area (Å²) in [5.74, 6) is 0.225. The number of anilines is 1. The number of rotatable bonds is 4. The summed E-state index contributed by atoms with van der Waals surface area (Å²) in [6, 6.07) is 6.65. The van der Waals surface area contributed by atoms with Crippen LogP contribution >= 0.6 is 15.9 Å². The van der Waals surface area contributed by atoms with Gasteiger partial charge >= 0.3 is 0 Å². The first-order valence-corrected chi connectivity index (χ1v) is 17.8. The van der Waals surface area contributed by atoms with Gasteiger partial charge in [-0.2, -0.15) is 5.10 Å². The molecule has 2 fully saturated rings. The van der Waals surface area contributed by atoms with Crippen LogP contribution in [0.3, 0.4) is 0 Å². The molecule has 4 aromatic rings. The van der Waals surface area contributed by atoms with Gasteiger partial charge in [0.1, 0.15) is 34.5 Å². The number of aromatic nitrogens is 5. The van der Waals surface area contributed by atoms with E-state index in [1.165, 1.54) is 6.92 Å². The van der Waals surface area contributed by atoms with Crippen molar-refractivity contribution >= 4 is 56.2 Å². The maximum atomic E-state index is 14.5. The number of allylic oxidation sites excluding steroid dienone is 2. The maximum Gasteiger partial charge on any atom is 0.248 e. The summed E-state index contributed by atoms with van der Waals surface area (Å²) in [7, 11) is 0. The summed E-state index contributed by atoms with van der Waals surface area (Å²) in [4.78, 5) is 69.1. The van der Waals surface area contributed by atoms with Gasteiger partial charge in [-0.05, 0) is 103 Å². The molecule has 0 unspecified atom stereocenters. The highest BCUT2D eigenvalue weighted by Gasteiger charge is 2.67. The van der Waals surface area contributed by atoms with Crippen molar-refractivity contribution in [3.8, 4) is 11.1 Å². The summed E-state index contributed by atoms with van der Waals surface area (Å²) in [5, 5.41) is 11.4. The predicted molar refractivity (Wildman–Crippen MR) is 191 cm³/mol. The molecule has 5 heterocycles. The van der Waals surface area contributed by atoms with Crippen molar-refractivity contribution in [2.75, 3.05) is 11.9 Å². The molecule has 50 heavy (non-hydrogen) atoms. The standard InChI is InChI=1S/C37H39BrN8O4/c1-21-11-12-30(38)42-35(21)43-36(50)28-15-37-16-29(37)46(28)32(49)19-45-34-24(9-7-5-4-6-8-10-31(48)41-20-37)13-25(26-17-39-23(3)40-18-26)14-27(34)33(44-45)22(2)47/h4-5,11-14,17-18,28-29H,6-10,15-16,19-20H2,1-3H3,(H,41,48)(H,42,43,50)/b5-4+/t28-,29+,37-/m0/s1. The van der Waals surface area contributed by atoms with E-state index in [1.807, 2.05) is 26.0 Å². The SMILES string of the molecule is CC(=O)c1nn2c3c(cc(-c4cnc(C)nc4)cc13)CC/C=C/CCCC(=O)NC[C@@]13C[C@@H](C(=O)Nc4nc(Br)ccc4C)N(C(=O)C2)[C@@H]1C3. The average molecular weight is 740 g/mol. The second-order valence-corrected chi connectivity index (χ2v) is 14.5. The van der Waals surface area contributed by atoms with E-state index >= 15 is 0 Å². The number of benzene rings is 1. The van der Waals surface area contributed by atoms with Crippen molar-refractivity contribution in [3.63, 3.8) is 0 Å². The zero-order valence-corrected chi connectivity index (χ0v) is 29.9. The Morgan fingerprint density at radius 3 is 2.58 bits per heavy atom. The summed E-state index contributed by atoms with van der Waals surface area (Å²) in [5.41, 5.74) is 3.99. The summed E-state index contributed by atoms with van der Waals surface area (Å²) in [6.45, 7) is 5.40. The zero-order valence-electron chi connectivity index (χ0n) is 28.3. The number of pyridine rings is 1. The van der Waals surface area contributed by atoms with Gasteiger partial charge in [-0.15, -0.1) is 0 Å². The van der Waals surface area contributed by atoms with Crippen molar-refractivity contribution in [2.24, 2.45) is 5.41 Å². The minimum Gasteiger partial charge on any atom is -0.355 e. The quantitative estimate of drug-likeness (QED) is 0.164. The van der Waals surface area contributed by atoms with Crippen molar-refractivity contribution < 1.29 is 19.2 Å². The molecule has 2 aliphatic heterocycles. The van der Waals surface area contributed by atoms with Gasteiger partial charge in [-0.3, -0.25) is 23.9 Å². The van der Waals surface area contributed by atoms with Crippen molar-refractivity contribution in [1.82, 2.24) is 34.9 Å². The first kappa shape index (κ1) is 33.7. The Balaban J connectivity index is 1.29. The molecule has 3 aliphatic rings. The molecule has 3 aromatic heterocycles. The van der Waals surface area contributed by atoms with E-state index < -0.39 is 11.5 Å². The number of hydrogen-bond acceptors (Lipinski definition) is 8. The number of carbonyl (C=O) groups excluding carboxylic acids is 4. The second-order valence-electron chi connectivity index (χ2n) is 13.7. The smallest absolute Gasteiger partial charge is 0.248 e. The van der Waals surface area contributed by atoms with Crippen LogP contribution in [0.1, 0.15) is 72.9 Å². The van der Waals surface area contributed by atoms with Crippen molar-refractivity contribution in [2.45, 2.75) is 84.3 Å². The highest BCUT2D eigenvalue weighted by atomic mass is 79.9. The molecule has 13 heteroatoms. The molecule has 7 rings (SSSR count). The highest BCUT2D eigenvalue weighted by Crippen LogP contribution is 2.59. The van der Waals surface area contributed by atoms with E-state index in [0.29, 0.717) is 60.3 Å². The normalized spacial score (nSPS) is 23.1. The third-order valence-corrected chi connectivity index (χ3v) is 10.6. The monoisotopic (exact) mass is 738 g/mol. The first-order valence-electron chi connectivity index (χ1n) is 17.0. The topological polar surface area (TPSA) is 152 Å². The minimum atomic E-state index is -0.772. The van der Waals surface area contributed by atoms with Crippen LogP contribution in [0.5, 0.6) is 0 Å². The molecule has 1 saturated carbocycles. The third kappa shape index (κ3) is 6.58. The van der Waals surface area contributed by atoms with Gasteiger partial charge < -0.3 is 15.5 Å². The van der Waals surface area contributed by atoms with E-state index in [1.54, 1.807) is 28.0 Å². The van der Waals surface area contributed by atoms with E-state index in [4.69, 9.17) is 5.10 Å². The van der Waals surface area contributed by atoms with Crippen LogP contribution in [-0.4, -0.2) is 71.8 Å². The average Bonchev–Trinajstić information content (AvgIpc) is 3.50. The van der Waals surface area contributed by atoms with E-state index in [-0.39, 0.29) is 41.8 Å². The Morgan fingerprint density at radius 2 is 1.80 bits per heavy atom. The van der Waals surface area contributed by atoms with Gasteiger partial charge in [-0.25, -0.2) is 15.0 Å². The van der Waals surface area contributed by atoms with Gasteiger partial charge in [0.15, 0.2) is 5.78 Å². The van der Waals surface area contributed by atoms with E-state index in [2.05, 4.69) is 59.7 Å².